The molecule has 1 aromatic heterocycles. The van der Waals surface area contributed by atoms with Crippen LogP contribution < -0.4 is 26.8 Å². The van der Waals surface area contributed by atoms with Crippen molar-refractivity contribution in [3.8, 4) is 6.07 Å². The van der Waals surface area contributed by atoms with Gasteiger partial charge in [0, 0.05) is 43.2 Å². The number of anilines is 3. The Labute approximate surface area is 205 Å². The number of allylic oxidation sites excluding steroid dienone is 2. The zero-order chi connectivity index (χ0) is 24.9. The van der Waals surface area contributed by atoms with E-state index in [0.717, 1.165) is 55.0 Å². The number of nitrogens with two attached hydrogens (primary N) is 2. The van der Waals surface area contributed by atoms with Gasteiger partial charge in [-0.3, -0.25) is 14.8 Å². The molecule has 2 fully saturated rings. The van der Waals surface area contributed by atoms with Crippen LogP contribution in [-0.4, -0.2) is 37.1 Å². The van der Waals surface area contributed by atoms with E-state index in [9.17, 15) is 10.1 Å². The number of aromatic nitrogens is 1. The molecule has 0 unspecified atom stereocenters. The Balaban J connectivity index is 1.69. The van der Waals surface area contributed by atoms with Gasteiger partial charge in [-0.2, -0.15) is 5.26 Å². The van der Waals surface area contributed by atoms with Crippen molar-refractivity contribution < 1.29 is 9.53 Å². The number of nitrogens with zero attached hydrogens (tertiary/aromatic N) is 4. The first-order chi connectivity index (χ1) is 16.9. The number of aryl methyl sites for hydroxylation is 1. The maximum Gasteiger partial charge on any atom is 0.176 e. The van der Waals surface area contributed by atoms with Crippen LogP contribution in [0.2, 0.25) is 0 Å². The molecule has 1 aromatic carbocycles. The summed E-state index contributed by atoms with van der Waals surface area (Å²) in [5, 5.41) is 14.6. The molecule has 9 heteroatoms. The zero-order valence-electron chi connectivity index (χ0n) is 20.2. The van der Waals surface area contributed by atoms with Gasteiger partial charge in [0.2, 0.25) is 0 Å². The molecule has 1 aliphatic heterocycles. The predicted octanol–water partition coefficient (Wildman–Crippen LogP) is 3.17. The third kappa shape index (κ3) is 5.62. The Morgan fingerprint density at radius 3 is 2.63 bits per heavy atom. The number of hydrogen-bond donors (Lipinski definition) is 3. The van der Waals surface area contributed by atoms with Crippen molar-refractivity contribution in [2.75, 3.05) is 41.5 Å². The van der Waals surface area contributed by atoms with Crippen molar-refractivity contribution in [1.29, 1.82) is 5.26 Å². The smallest absolute Gasteiger partial charge is 0.176 e. The van der Waals surface area contributed by atoms with E-state index in [1.807, 2.05) is 25.1 Å². The first-order valence-corrected chi connectivity index (χ1v) is 11.7. The highest BCUT2D eigenvalue weighted by Crippen LogP contribution is 2.36. The van der Waals surface area contributed by atoms with Crippen LogP contribution in [0.3, 0.4) is 0 Å². The lowest BCUT2D eigenvalue weighted by molar-refractivity contribution is -0.113. The fraction of sp³-hybridized carbons (Fsp3) is 0.346. The second-order valence-corrected chi connectivity index (χ2v) is 8.81. The van der Waals surface area contributed by atoms with Gasteiger partial charge < -0.3 is 20.7 Å². The number of ether oxygens (including phenoxy) is 1. The Kier molecular flexibility index (Phi) is 7.34. The minimum absolute atomic E-state index is 0.0616. The quantitative estimate of drug-likeness (QED) is 0.315. The van der Waals surface area contributed by atoms with Gasteiger partial charge in [-0.1, -0.05) is 0 Å². The molecule has 35 heavy (non-hydrogen) atoms. The summed E-state index contributed by atoms with van der Waals surface area (Å²) in [6, 6.07) is 10.2. The maximum absolute atomic E-state index is 11.5. The minimum Gasteiger partial charge on any atom is -0.395 e. The summed E-state index contributed by atoms with van der Waals surface area (Å²) in [7, 11) is 0. The lowest BCUT2D eigenvalue weighted by Crippen LogP contribution is -2.36. The predicted molar refractivity (Wildman–Crippen MR) is 137 cm³/mol. The number of pyridine rings is 1. The number of benzene rings is 1. The molecule has 0 bridgehead atoms. The SMILES string of the molecule is CC(=O)/C(N)=C/N(N)c1cc(NC(=C2CCC2)c2cc(C#N)cc(N3CCOCC3)c2)cnc1C. The monoisotopic (exact) mass is 473 g/mol. The number of Topliss-reactive ketones (excluding diaryl/α,β-unsaturated/α-hetero) is 1. The summed E-state index contributed by atoms with van der Waals surface area (Å²) in [6.45, 7) is 6.17. The molecule has 1 aliphatic carbocycles. The normalized spacial score (nSPS) is 15.8. The Morgan fingerprint density at radius 2 is 2.00 bits per heavy atom. The minimum atomic E-state index is -0.259. The number of hydrazine groups is 1. The third-order valence-corrected chi connectivity index (χ3v) is 6.31. The lowest BCUT2D eigenvalue weighted by atomic mass is 9.87. The number of nitriles is 1. The second kappa shape index (κ2) is 10.6. The number of ketones is 1. The van der Waals surface area contributed by atoms with Crippen LogP contribution in [0.4, 0.5) is 17.1 Å². The van der Waals surface area contributed by atoms with Crippen LogP contribution in [0.5, 0.6) is 0 Å². The summed E-state index contributed by atoms with van der Waals surface area (Å²) in [5.41, 5.74) is 12.8. The summed E-state index contributed by atoms with van der Waals surface area (Å²) in [6.07, 6.45) is 6.28. The molecule has 1 saturated carbocycles. The van der Waals surface area contributed by atoms with Crippen molar-refractivity contribution in [1.82, 2.24) is 4.98 Å². The molecule has 5 N–H and O–H groups in total. The zero-order valence-corrected chi connectivity index (χ0v) is 20.2. The molecule has 9 nitrogen and oxygen atoms in total. The average Bonchev–Trinajstić information content (AvgIpc) is 2.83. The van der Waals surface area contributed by atoms with Crippen molar-refractivity contribution in [2.24, 2.45) is 11.6 Å². The standard InChI is InChI=1S/C26H31N7O2/c1-17-25(33(29)16-24(28)18(2)34)13-22(15-30-17)31-26(20-4-3-5-20)21-10-19(14-27)11-23(12-21)32-6-8-35-9-7-32/h10-13,15-16,31H,3-9,28-29H2,1-2H3/b24-16-. The highest BCUT2D eigenvalue weighted by Gasteiger charge is 2.20. The van der Waals surface area contributed by atoms with E-state index in [0.29, 0.717) is 30.2 Å². The summed E-state index contributed by atoms with van der Waals surface area (Å²) >= 11 is 0. The van der Waals surface area contributed by atoms with Crippen LogP contribution in [0.15, 0.2) is 47.9 Å². The van der Waals surface area contributed by atoms with Gasteiger partial charge in [0.1, 0.15) is 0 Å². The molecule has 0 atom stereocenters. The van der Waals surface area contributed by atoms with Gasteiger partial charge >= 0.3 is 0 Å². The van der Waals surface area contributed by atoms with Crippen LogP contribution in [0.25, 0.3) is 5.70 Å². The molecule has 0 spiro atoms. The Bertz CT molecular complexity index is 1220. The van der Waals surface area contributed by atoms with Gasteiger partial charge in [-0.15, -0.1) is 0 Å². The number of morpholine rings is 1. The van der Waals surface area contributed by atoms with E-state index in [1.165, 1.54) is 23.7 Å². The average molecular weight is 474 g/mol. The van der Waals surface area contributed by atoms with Gasteiger partial charge in [-0.25, -0.2) is 5.84 Å². The fourth-order valence-corrected chi connectivity index (χ4v) is 4.10. The van der Waals surface area contributed by atoms with E-state index in [-0.39, 0.29) is 11.5 Å². The number of nitrogens with one attached hydrogen (secondary N) is 1. The molecule has 1 saturated heterocycles. The van der Waals surface area contributed by atoms with E-state index in [1.54, 1.807) is 6.20 Å². The number of carbonyl (C=O) groups is 1. The van der Waals surface area contributed by atoms with Crippen LogP contribution in [-0.2, 0) is 9.53 Å². The van der Waals surface area contributed by atoms with Crippen LogP contribution >= 0.6 is 0 Å². The van der Waals surface area contributed by atoms with Crippen molar-refractivity contribution in [2.45, 2.75) is 33.1 Å². The van der Waals surface area contributed by atoms with Gasteiger partial charge in [-0.05, 0) is 56.0 Å². The number of rotatable bonds is 7. The Morgan fingerprint density at radius 1 is 1.26 bits per heavy atom. The van der Waals surface area contributed by atoms with E-state index in [2.05, 4.69) is 27.3 Å². The maximum atomic E-state index is 11.5. The highest BCUT2D eigenvalue weighted by molar-refractivity contribution is 5.92. The van der Waals surface area contributed by atoms with Gasteiger partial charge in [0.15, 0.2) is 5.78 Å². The Hall–Kier alpha value is -3.87. The molecule has 0 amide bonds. The van der Waals surface area contributed by atoms with Gasteiger partial charge in [0.25, 0.3) is 0 Å². The molecule has 182 valence electrons. The molecule has 2 aromatic rings. The summed E-state index contributed by atoms with van der Waals surface area (Å²) < 4.78 is 5.50. The summed E-state index contributed by atoms with van der Waals surface area (Å²) in [4.78, 5) is 18.3. The second-order valence-electron chi connectivity index (χ2n) is 8.81. The fourth-order valence-electron chi connectivity index (χ4n) is 4.10. The number of carbonyl (C=O) groups excluding carboxylic acids is 1. The van der Waals surface area contributed by atoms with Crippen molar-refractivity contribution in [3.63, 3.8) is 0 Å². The van der Waals surface area contributed by atoms with E-state index < -0.39 is 0 Å². The summed E-state index contributed by atoms with van der Waals surface area (Å²) in [5.74, 6) is 5.92. The molecular formula is C26H31N7O2. The van der Waals surface area contributed by atoms with Crippen molar-refractivity contribution >= 4 is 28.5 Å². The van der Waals surface area contributed by atoms with E-state index >= 15 is 0 Å². The van der Waals surface area contributed by atoms with Gasteiger partial charge in [0.05, 0.1) is 53.8 Å². The molecule has 2 heterocycles. The highest BCUT2D eigenvalue weighted by atomic mass is 16.5. The van der Waals surface area contributed by atoms with Crippen LogP contribution in [0.1, 0.15) is 43.0 Å². The molecule has 4 rings (SSSR count). The lowest BCUT2D eigenvalue weighted by Gasteiger charge is -2.30. The van der Waals surface area contributed by atoms with Crippen molar-refractivity contribution in [3.05, 3.63) is 64.8 Å². The largest absolute Gasteiger partial charge is 0.395 e. The first kappa shape index (κ1) is 24.3. The third-order valence-electron chi connectivity index (χ3n) is 6.31. The first-order valence-electron chi connectivity index (χ1n) is 11.7. The van der Waals surface area contributed by atoms with Crippen LogP contribution in [0, 0.1) is 18.3 Å². The topological polar surface area (TPSA) is 134 Å². The molecular weight excluding hydrogens is 442 g/mol. The number of hydrogen-bond acceptors (Lipinski definition) is 9. The molecule has 0 radical (unpaired) electrons. The molecule has 2 aliphatic rings. The van der Waals surface area contributed by atoms with E-state index in [4.69, 9.17) is 16.3 Å².